The van der Waals surface area contributed by atoms with E-state index < -0.39 is 5.91 Å². The highest BCUT2D eigenvalue weighted by atomic mass is 16.5. The second kappa shape index (κ2) is 5.30. The zero-order valence-corrected chi connectivity index (χ0v) is 10.3. The zero-order chi connectivity index (χ0) is 13.8. The third-order valence-electron chi connectivity index (χ3n) is 2.59. The van der Waals surface area contributed by atoms with Gasteiger partial charge in [0.05, 0.1) is 12.8 Å². The molecule has 98 valence electrons. The fourth-order valence-electron chi connectivity index (χ4n) is 1.59. The molecule has 0 atom stereocenters. The van der Waals surface area contributed by atoms with Crippen LogP contribution < -0.4 is 10.1 Å². The van der Waals surface area contributed by atoms with E-state index in [1.165, 1.54) is 31.4 Å². The van der Waals surface area contributed by atoms with Gasteiger partial charge in [0.15, 0.2) is 11.5 Å². The largest absolute Gasteiger partial charge is 0.506 e. The maximum Gasteiger partial charge on any atom is 0.255 e. The summed E-state index contributed by atoms with van der Waals surface area (Å²) in [7, 11) is 1.40. The van der Waals surface area contributed by atoms with Crippen molar-refractivity contribution >= 4 is 11.6 Å². The number of aromatic hydroxyl groups is 2. The summed E-state index contributed by atoms with van der Waals surface area (Å²) in [6.45, 7) is 0. The Morgan fingerprint density at radius 1 is 1.11 bits per heavy atom. The van der Waals surface area contributed by atoms with Crippen molar-refractivity contribution in [3.8, 4) is 17.2 Å². The predicted molar refractivity (Wildman–Crippen MR) is 70.7 cm³/mol. The molecule has 0 aliphatic heterocycles. The lowest BCUT2D eigenvalue weighted by Gasteiger charge is -2.09. The summed E-state index contributed by atoms with van der Waals surface area (Å²) < 4.78 is 4.93. The van der Waals surface area contributed by atoms with Gasteiger partial charge in [-0.1, -0.05) is 12.1 Å². The zero-order valence-electron chi connectivity index (χ0n) is 10.3. The minimum Gasteiger partial charge on any atom is -0.506 e. The molecule has 2 aromatic carbocycles. The maximum absolute atomic E-state index is 12.0. The molecule has 0 bridgehead atoms. The molecule has 0 radical (unpaired) electrons. The SMILES string of the molecule is COc1cc(C(=O)Nc2ccccc2O)ccc1O. The third kappa shape index (κ3) is 2.77. The highest BCUT2D eigenvalue weighted by molar-refractivity contribution is 6.05. The van der Waals surface area contributed by atoms with Crippen molar-refractivity contribution in [2.45, 2.75) is 0 Å². The number of hydrogen-bond donors (Lipinski definition) is 3. The fourth-order valence-corrected chi connectivity index (χ4v) is 1.59. The van der Waals surface area contributed by atoms with Crippen molar-refractivity contribution in [2.24, 2.45) is 0 Å². The molecule has 0 aromatic heterocycles. The topological polar surface area (TPSA) is 78.8 Å². The van der Waals surface area contributed by atoms with Gasteiger partial charge >= 0.3 is 0 Å². The number of rotatable bonds is 3. The molecule has 1 amide bonds. The number of methoxy groups -OCH3 is 1. The Kier molecular flexibility index (Phi) is 3.56. The van der Waals surface area contributed by atoms with Gasteiger partial charge in [-0.25, -0.2) is 0 Å². The molecule has 0 unspecified atom stereocenters. The van der Waals surface area contributed by atoms with Gasteiger partial charge in [0.1, 0.15) is 5.75 Å². The van der Waals surface area contributed by atoms with Crippen LogP contribution in [0.4, 0.5) is 5.69 Å². The lowest BCUT2D eigenvalue weighted by Crippen LogP contribution is -2.11. The Morgan fingerprint density at radius 3 is 2.53 bits per heavy atom. The Morgan fingerprint density at radius 2 is 1.84 bits per heavy atom. The van der Waals surface area contributed by atoms with Gasteiger partial charge in [0.2, 0.25) is 0 Å². The molecular formula is C14H13NO4. The minimum absolute atomic E-state index is 0.0124. The molecule has 19 heavy (non-hydrogen) atoms. The number of hydrogen-bond acceptors (Lipinski definition) is 4. The summed E-state index contributed by atoms with van der Waals surface area (Å²) in [5, 5.41) is 21.6. The van der Waals surface area contributed by atoms with E-state index in [0.717, 1.165) is 0 Å². The molecule has 2 aromatic rings. The van der Waals surface area contributed by atoms with E-state index in [1.54, 1.807) is 18.2 Å². The van der Waals surface area contributed by atoms with Crippen LogP contribution in [0.5, 0.6) is 17.2 Å². The second-order valence-electron chi connectivity index (χ2n) is 3.86. The van der Waals surface area contributed by atoms with Crippen LogP contribution >= 0.6 is 0 Å². The average Bonchev–Trinajstić information content (AvgIpc) is 2.42. The molecule has 0 aliphatic rings. The lowest BCUT2D eigenvalue weighted by atomic mass is 10.2. The van der Waals surface area contributed by atoms with E-state index in [4.69, 9.17) is 4.74 Å². The van der Waals surface area contributed by atoms with E-state index in [1.807, 2.05) is 0 Å². The summed E-state index contributed by atoms with van der Waals surface area (Å²) >= 11 is 0. The van der Waals surface area contributed by atoms with Crippen molar-refractivity contribution in [1.82, 2.24) is 0 Å². The molecule has 0 saturated heterocycles. The quantitative estimate of drug-likeness (QED) is 0.739. The van der Waals surface area contributed by atoms with E-state index in [-0.39, 0.29) is 17.2 Å². The Balaban J connectivity index is 2.23. The number of phenolic OH excluding ortho intramolecular Hbond substituents is 2. The molecule has 0 aliphatic carbocycles. The van der Waals surface area contributed by atoms with E-state index in [9.17, 15) is 15.0 Å². The smallest absolute Gasteiger partial charge is 0.255 e. The number of phenols is 2. The van der Waals surface area contributed by atoms with Crippen LogP contribution in [0.1, 0.15) is 10.4 Å². The van der Waals surface area contributed by atoms with Crippen LogP contribution in [0.15, 0.2) is 42.5 Å². The molecule has 0 heterocycles. The number of carbonyl (C=O) groups is 1. The first-order valence-corrected chi connectivity index (χ1v) is 5.58. The van der Waals surface area contributed by atoms with Crippen LogP contribution in [-0.2, 0) is 0 Å². The van der Waals surface area contributed by atoms with Gasteiger partial charge in [-0.15, -0.1) is 0 Å². The predicted octanol–water partition coefficient (Wildman–Crippen LogP) is 2.36. The molecular weight excluding hydrogens is 246 g/mol. The molecule has 5 nitrogen and oxygen atoms in total. The van der Waals surface area contributed by atoms with E-state index in [0.29, 0.717) is 11.3 Å². The summed E-state index contributed by atoms with van der Waals surface area (Å²) in [5.74, 6) is -0.243. The number of benzene rings is 2. The van der Waals surface area contributed by atoms with Gasteiger partial charge in [0, 0.05) is 5.56 Å². The first-order valence-electron chi connectivity index (χ1n) is 5.58. The fraction of sp³-hybridized carbons (Fsp3) is 0.0714. The molecule has 3 N–H and O–H groups in total. The van der Waals surface area contributed by atoms with Crippen LogP contribution in [-0.4, -0.2) is 23.2 Å². The highest BCUT2D eigenvalue weighted by Crippen LogP contribution is 2.27. The Labute approximate surface area is 110 Å². The molecule has 5 heteroatoms. The standard InChI is InChI=1S/C14H13NO4/c1-19-13-8-9(6-7-12(13)17)14(18)15-10-4-2-3-5-11(10)16/h2-8,16-17H,1H3,(H,15,18). The molecule has 0 saturated carbocycles. The third-order valence-corrected chi connectivity index (χ3v) is 2.59. The van der Waals surface area contributed by atoms with E-state index >= 15 is 0 Å². The van der Waals surface area contributed by atoms with Crippen molar-refractivity contribution in [2.75, 3.05) is 12.4 Å². The minimum atomic E-state index is -0.403. The number of ether oxygens (including phenoxy) is 1. The van der Waals surface area contributed by atoms with Crippen LogP contribution in [0, 0.1) is 0 Å². The van der Waals surface area contributed by atoms with Gasteiger partial charge in [0.25, 0.3) is 5.91 Å². The number of carbonyl (C=O) groups excluding carboxylic acids is 1. The number of nitrogens with one attached hydrogen (secondary N) is 1. The van der Waals surface area contributed by atoms with Gasteiger partial charge < -0.3 is 20.3 Å². The maximum atomic E-state index is 12.0. The number of anilines is 1. The molecule has 0 fully saturated rings. The first kappa shape index (κ1) is 12.8. The first-order chi connectivity index (χ1) is 9.11. The van der Waals surface area contributed by atoms with Crippen LogP contribution in [0.3, 0.4) is 0 Å². The van der Waals surface area contributed by atoms with Crippen molar-refractivity contribution < 1.29 is 19.7 Å². The summed E-state index contributed by atoms with van der Waals surface area (Å²) in [4.78, 5) is 12.0. The summed E-state index contributed by atoms with van der Waals surface area (Å²) in [5.41, 5.74) is 0.637. The average molecular weight is 259 g/mol. The Hall–Kier alpha value is -2.69. The highest BCUT2D eigenvalue weighted by Gasteiger charge is 2.11. The van der Waals surface area contributed by atoms with Crippen molar-refractivity contribution in [3.05, 3.63) is 48.0 Å². The lowest BCUT2D eigenvalue weighted by molar-refractivity contribution is 0.102. The van der Waals surface area contributed by atoms with Gasteiger partial charge in [-0.2, -0.15) is 0 Å². The number of para-hydroxylation sites is 2. The van der Waals surface area contributed by atoms with Crippen LogP contribution in [0.2, 0.25) is 0 Å². The van der Waals surface area contributed by atoms with Crippen molar-refractivity contribution in [3.63, 3.8) is 0 Å². The van der Waals surface area contributed by atoms with Gasteiger partial charge in [-0.3, -0.25) is 4.79 Å². The summed E-state index contributed by atoms with van der Waals surface area (Å²) in [6.07, 6.45) is 0. The second-order valence-corrected chi connectivity index (χ2v) is 3.86. The number of amides is 1. The van der Waals surface area contributed by atoms with Crippen LogP contribution in [0.25, 0.3) is 0 Å². The van der Waals surface area contributed by atoms with Gasteiger partial charge in [-0.05, 0) is 30.3 Å². The van der Waals surface area contributed by atoms with E-state index in [2.05, 4.69) is 5.32 Å². The molecule has 0 spiro atoms. The monoisotopic (exact) mass is 259 g/mol. The summed E-state index contributed by atoms with van der Waals surface area (Å²) in [6, 6.07) is 10.7. The molecule has 2 rings (SSSR count). The van der Waals surface area contributed by atoms with Crippen molar-refractivity contribution in [1.29, 1.82) is 0 Å². The Bertz CT molecular complexity index is 610. The normalized spacial score (nSPS) is 9.95.